The van der Waals surface area contributed by atoms with Crippen molar-refractivity contribution in [3.63, 3.8) is 0 Å². The lowest BCUT2D eigenvalue weighted by molar-refractivity contribution is -0.142. The minimum Gasteiger partial charge on any atom is -0.507 e. The number of rotatable bonds is 4. The lowest BCUT2D eigenvalue weighted by Crippen LogP contribution is -2.17. The summed E-state index contributed by atoms with van der Waals surface area (Å²) < 4.78 is 4.91. The summed E-state index contributed by atoms with van der Waals surface area (Å²) in [6, 6.07) is 4.07. The van der Waals surface area contributed by atoms with Crippen molar-refractivity contribution >= 4 is 12.0 Å². The van der Waals surface area contributed by atoms with Gasteiger partial charge in [0, 0.05) is 11.1 Å². The summed E-state index contributed by atoms with van der Waals surface area (Å²) in [5.41, 5.74) is 2.65. The molecule has 0 atom stereocenters. The third-order valence-electron chi connectivity index (χ3n) is 3.70. The maximum Gasteiger partial charge on any atom is 0.309 e. The first-order chi connectivity index (χ1) is 10.5. The van der Waals surface area contributed by atoms with Crippen LogP contribution in [0.2, 0.25) is 0 Å². The molecule has 0 spiro atoms. The Morgan fingerprint density at radius 1 is 1.13 bits per heavy atom. The highest BCUT2D eigenvalue weighted by atomic mass is 16.5. The lowest BCUT2D eigenvalue weighted by Gasteiger charge is -2.27. The van der Waals surface area contributed by atoms with E-state index in [1.54, 1.807) is 19.1 Å². The first-order valence-corrected chi connectivity index (χ1v) is 8.17. The summed E-state index contributed by atoms with van der Waals surface area (Å²) in [4.78, 5) is 11.4. The van der Waals surface area contributed by atoms with Crippen molar-refractivity contribution in [2.75, 3.05) is 6.61 Å². The summed E-state index contributed by atoms with van der Waals surface area (Å²) >= 11 is 0. The topological polar surface area (TPSA) is 46.5 Å². The highest BCUT2D eigenvalue weighted by molar-refractivity contribution is 5.73. The fraction of sp³-hybridized carbons (Fsp3) is 0.550. The van der Waals surface area contributed by atoms with Gasteiger partial charge in [-0.1, -0.05) is 59.8 Å². The molecule has 1 aromatic carbocycles. The SMILES string of the molecule is CCOC(=O)CC=Cc1cc(C(C)(C)C)cc(C(C)(C)C)c1O. The van der Waals surface area contributed by atoms with Crippen LogP contribution in [0.3, 0.4) is 0 Å². The van der Waals surface area contributed by atoms with E-state index < -0.39 is 0 Å². The summed E-state index contributed by atoms with van der Waals surface area (Å²) in [7, 11) is 0. The predicted octanol–water partition coefficient (Wildman–Crippen LogP) is 4.95. The second-order valence-electron chi connectivity index (χ2n) is 7.87. The molecule has 0 aromatic heterocycles. The van der Waals surface area contributed by atoms with Gasteiger partial charge in [0.15, 0.2) is 0 Å². The van der Waals surface area contributed by atoms with Crippen LogP contribution in [-0.2, 0) is 20.4 Å². The second kappa shape index (κ2) is 7.20. The maximum absolute atomic E-state index is 11.4. The number of ether oxygens (including phenoxy) is 1. The number of carbonyl (C=O) groups excluding carboxylic acids is 1. The van der Waals surface area contributed by atoms with Crippen molar-refractivity contribution in [1.82, 2.24) is 0 Å². The average molecular weight is 318 g/mol. The third kappa shape index (κ3) is 5.42. The van der Waals surface area contributed by atoms with Crippen LogP contribution in [0.15, 0.2) is 18.2 Å². The van der Waals surface area contributed by atoms with Gasteiger partial charge in [0.05, 0.1) is 13.0 Å². The number of phenols is 1. The Kier molecular flexibility index (Phi) is 6.04. The van der Waals surface area contributed by atoms with Gasteiger partial charge in [0.25, 0.3) is 0 Å². The number of phenolic OH excluding ortho intramolecular Hbond substituents is 1. The number of carbonyl (C=O) groups is 1. The molecular weight excluding hydrogens is 288 g/mol. The molecule has 0 radical (unpaired) electrons. The van der Waals surface area contributed by atoms with Crippen LogP contribution >= 0.6 is 0 Å². The van der Waals surface area contributed by atoms with Gasteiger partial charge in [-0.3, -0.25) is 4.79 Å². The normalized spacial score (nSPS) is 12.7. The summed E-state index contributed by atoms with van der Waals surface area (Å²) in [6.45, 7) is 14.9. The Bertz CT molecular complexity index is 584. The first-order valence-electron chi connectivity index (χ1n) is 8.17. The minimum atomic E-state index is -0.258. The molecule has 0 aliphatic carbocycles. The van der Waals surface area contributed by atoms with Crippen molar-refractivity contribution in [1.29, 1.82) is 0 Å². The van der Waals surface area contributed by atoms with Gasteiger partial charge in [0.1, 0.15) is 5.75 Å². The Morgan fingerprint density at radius 2 is 1.74 bits per heavy atom. The minimum absolute atomic E-state index is 0.0164. The Balaban J connectivity index is 3.25. The largest absolute Gasteiger partial charge is 0.507 e. The van der Waals surface area contributed by atoms with Crippen LogP contribution in [0.1, 0.15) is 71.6 Å². The highest BCUT2D eigenvalue weighted by Crippen LogP contribution is 2.38. The van der Waals surface area contributed by atoms with E-state index in [0.29, 0.717) is 6.61 Å². The lowest BCUT2D eigenvalue weighted by atomic mass is 9.79. The molecule has 1 aromatic rings. The predicted molar refractivity (Wildman–Crippen MR) is 95.8 cm³/mol. The van der Waals surface area contributed by atoms with Crippen LogP contribution in [0.4, 0.5) is 0 Å². The molecule has 0 aliphatic rings. The quantitative estimate of drug-likeness (QED) is 0.799. The zero-order valence-electron chi connectivity index (χ0n) is 15.5. The van der Waals surface area contributed by atoms with Crippen molar-refractivity contribution in [2.45, 2.75) is 65.7 Å². The average Bonchev–Trinajstić information content (AvgIpc) is 2.38. The molecule has 0 unspecified atom stereocenters. The standard InChI is InChI=1S/C20H30O3/c1-8-23-17(21)11-9-10-14-12-15(19(2,3)4)13-16(18(14)22)20(5,6)7/h9-10,12-13,22H,8,11H2,1-7H3. The van der Waals surface area contributed by atoms with Gasteiger partial charge in [-0.2, -0.15) is 0 Å². The van der Waals surface area contributed by atoms with Crippen LogP contribution in [0.5, 0.6) is 5.75 Å². The van der Waals surface area contributed by atoms with E-state index in [-0.39, 0.29) is 29.0 Å². The summed E-state index contributed by atoms with van der Waals surface area (Å²) in [6.07, 6.45) is 3.75. The van der Waals surface area contributed by atoms with Gasteiger partial charge in [-0.25, -0.2) is 0 Å². The van der Waals surface area contributed by atoms with Crippen molar-refractivity contribution in [2.24, 2.45) is 0 Å². The molecule has 23 heavy (non-hydrogen) atoms. The zero-order chi connectivity index (χ0) is 17.8. The molecule has 3 heteroatoms. The molecule has 0 aliphatic heterocycles. The molecular formula is C20H30O3. The molecule has 1 N–H and O–H groups in total. The summed E-state index contributed by atoms with van der Waals surface area (Å²) in [5, 5.41) is 10.6. The molecule has 3 nitrogen and oxygen atoms in total. The molecule has 0 saturated heterocycles. The van der Waals surface area contributed by atoms with Crippen LogP contribution in [0.25, 0.3) is 6.08 Å². The van der Waals surface area contributed by atoms with E-state index in [0.717, 1.165) is 16.7 Å². The Labute approximate surface area is 140 Å². The van der Waals surface area contributed by atoms with E-state index in [1.807, 2.05) is 6.07 Å². The fourth-order valence-corrected chi connectivity index (χ4v) is 2.29. The van der Waals surface area contributed by atoms with E-state index in [1.165, 1.54) is 0 Å². The van der Waals surface area contributed by atoms with Gasteiger partial charge < -0.3 is 9.84 Å². The number of aromatic hydroxyl groups is 1. The van der Waals surface area contributed by atoms with Crippen molar-refractivity contribution < 1.29 is 14.6 Å². The van der Waals surface area contributed by atoms with Crippen LogP contribution in [0, 0.1) is 0 Å². The number of benzene rings is 1. The van der Waals surface area contributed by atoms with E-state index in [9.17, 15) is 9.90 Å². The molecule has 128 valence electrons. The van der Waals surface area contributed by atoms with Crippen molar-refractivity contribution in [3.8, 4) is 5.75 Å². The fourth-order valence-electron chi connectivity index (χ4n) is 2.29. The number of hydrogen-bond acceptors (Lipinski definition) is 3. The summed E-state index contributed by atoms with van der Waals surface area (Å²) in [5.74, 6) is 0.0249. The van der Waals surface area contributed by atoms with Gasteiger partial charge in [-0.15, -0.1) is 0 Å². The van der Waals surface area contributed by atoms with Gasteiger partial charge in [-0.05, 0) is 29.4 Å². The monoisotopic (exact) mass is 318 g/mol. The number of hydrogen-bond donors (Lipinski definition) is 1. The van der Waals surface area contributed by atoms with Crippen LogP contribution < -0.4 is 0 Å². The molecule has 1 rings (SSSR count). The molecule has 0 amide bonds. The van der Waals surface area contributed by atoms with Gasteiger partial charge in [0.2, 0.25) is 0 Å². The highest BCUT2D eigenvalue weighted by Gasteiger charge is 2.24. The van der Waals surface area contributed by atoms with E-state index in [2.05, 4.69) is 47.6 Å². The van der Waals surface area contributed by atoms with E-state index in [4.69, 9.17) is 4.74 Å². The molecule has 0 heterocycles. The number of esters is 1. The molecule has 0 saturated carbocycles. The van der Waals surface area contributed by atoms with Crippen LogP contribution in [-0.4, -0.2) is 17.7 Å². The third-order valence-corrected chi connectivity index (χ3v) is 3.70. The van der Waals surface area contributed by atoms with Crippen molar-refractivity contribution in [3.05, 3.63) is 34.9 Å². The first kappa shape index (κ1) is 19.3. The van der Waals surface area contributed by atoms with E-state index >= 15 is 0 Å². The zero-order valence-corrected chi connectivity index (χ0v) is 15.5. The Hall–Kier alpha value is -1.77. The molecule has 0 bridgehead atoms. The van der Waals surface area contributed by atoms with Gasteiger partial charge >= 0.3 is 5.97 Å². The maximum atomic E-state index is 11.4. The molecule has 0 fully saturated rings. The second-order valence-corrected chi connectivity index (χ2v) is 7.87. The smallest absolute Gasteiger partial charge is 0.309 e. The Morgan fingerprint density at radius 3 is 2.22 bits per heavy atom.